The van der Waals surface area contributed by atoms with Gasteiger partial charge in [0.15, 0.2) is 9.84 Å². The minimum absolute atomic E-state index is 0.0413. The molecule has 0 aliphatic carbocycles. The summed E-state index contributed by atoms with van der Waals surface area (Å²) in [5, 5.41) is 0.650. The second kappa shape index (κ2) is 9.45. The molecule has 0 saturated carbocycles. The summed E-state index contributed by atoms with van der Waals surface area (Å²) in [6, 6.07) is 6.95. The van der Waals surface area contributed by atoms with Gasteiger partial charge in [-0.3, -0.25) is 4.99 Å². The number of rotatable bonds is 8. The van der Waals surface area contributed by atoms with E-state index in [1.807, 2.05) is 32.2 Å². The van der Waals surface area contributed by atoms with Crippen LogP contribution in [-0.2, 0) is 15.6 Å². The number of aromatic amines is 1. The van der Waals surface area contributed by atoms with Gasteiger partial charge in [-0.1, -0.05) is 17.7 Å². The third kappa shape index (κ3) is 6.20. The van der Waals surface area contributed by atoms with E-state index in [-0.39, 0.29) is 5.75 Å². The Hall–Kier alpha value is -1.25. The lowest BCUT2D eigenvalue weighted by molar-refractivity contribution is 0.600. The summed E-state index contributed by atoms with van der Waals surface area (Å²) in [4.78, 5) is 12.1. The van der Waals surface area contributed by atoms with E-state index in [0.717, 1.165) is 28.5 Å². The second-order valence-electron chi connectivity index (χ2n) is 5.58. The summed E-state index contributed by atoms with van der Waals surface area (Å²) >= 11 is 3.14. The van der Waals surface area contributed by atoms with E-state index in [1.54, 1.807) is 30.2 Å². The van der Waals surface area contributed by atoms with E-state index < -0.39 is 9.84 Å². The van der Waals surface area contributed by atoms with Crippen LogP contribution in [0.2, 0.25) is 0 Å². The number of aliphatic imine (C=N–C) groups is 1. The van der Waals surface area contributed by atoms with Gasteiger partial charge in [0.1, 0.15) is 5.75 Å². The highest BCUT2D eigenvalue weighted by Crippen LogP contribution is 2.16. The first-order chi connectivity index (χ1) is 11.9. The van der Waals surface area contributed by atoms with Crippen LogP contribution < -0.4 is 0 Å². The van der Waals surface area contributed by atoms with E-state index in [0.29, 0.717) is 16.5 Å². The van der Waals surface area contributed by atoms with Gasteiger partial charge < -0.3 is 4.98 Å². The molecule has 0 atom stereocenters. The van der Waals surface area contributed by atoms with Crippen LogP contribution in [0.5, 0.6) is 0 Å². The molecule has 0 spiro atoms. The minimum atomic E-state index is -3.34. The molecule has 2 aromatic rings. The molecule has 25 heavy (non-hydrogen) atoms. The predicted octanol–water partition coefficient (Wildman–Crippen LogP) is 3.50. The van der Waals surface area contributed by atoms with Crippen molar-refractivity contribution < 1.29 is 8.42 Å². The quantitative estimate of drug-likeness (QED) is 0.419. The van der Waals surface area contributed by atoms with Gasteiger partial charge in [0.2, 0.25) is 0 Å². The first-order valence-electron chi connectivity index (χ1n) is 7.85. The van der Waals surface area contributed by atoms with Gasteiger partial charge in [-0.05, 0) is 32.2 Å². The number of nitrogens with zero attached hydrogens (tertiary/aromatic N) is 2. The molecule has 5 nitrogen and oxygen atoms in total. The number of aryl methyl sites for hydroxylation is 2. The molecule has 136 valence electrons. The fraction of sp³-hybridized carbons (Fsp3) is 0.412. The third-order valence-electron chi connectivity index (χ3n) is 3.63. The Balaban J connectivity index is 1.87. The van der Waals surface area contributed by atoms with Gasteiger partial charge in [0, 0.05) is 23.7 Å². The van der Waals surface area contributed by atoms with Crippen LogP contribution >= 0.6 is 23.5 Å². The smallest absolute Gasteiger partial charge is 0.184 e. The first-order valence-corrected chi connectivity index (χ1v) is 11.9. The molecule has 0 bridgehead atoms. The molecule has 0 amide bonds. The Morgan fingerprint density at radius 2 is 1.96 bits per heavy atom. The number of hydrogen-bond donors (Lipinski definition) is 1. The van der Waals surface area contributed by atoms with Crippen LogP contribution in [0, 0.1) is 13.8 Å². The van der Waals surface area contributed by atoms with Crippen molar-refractivity contribution in [2.45, 2.75) is 24.5 Å². The van der Waals surface area contributed by atoms with E-state index in [2.05, 4.69) is 15.0 Å². The Morgan fingerprint density at radius 1 is 1.24 bits per heavy atom. The highest BCUT2D eigenvalue weighted by atomic mass is 32.2. The number of H-pyrrole nitrogens is 1. The van der Waals surface area contributed by atoms with Crippen molar-refractivity contribution in [1.82, 2.24) is 9.97 Å². The van der Waals surface area contributed by atoms with Crippen LogP contribution in [0.3, 0.4) is 0 Å². The van der Waals surface area contributed by atoms with Crippen LogP contribution in [0.4, 0.5) is 0 Å². The number of imidazole rings is 1. The molecule has 8 heteroatoms. The third-order valence-corrected chi connectivity index (χ3v) is 7.15. The van der Waals surface area contributed by atoms with Crippen LogP contribution in [0.15, 0.2) is 40.5 Å². The van der Waals surface area contributed by atoms with Crippen molar-refractivity contribution in [3.63, 3.8) is 0 Å². The van der Waals surface area contributed by atoms with Gasteiger partial charge in [0.05, 0.1) is 22.0 Å². The Kier molecular flexibility index (Phi) is 7.58. The fourth-order valence-electron chi connectivity index (χ4n) is 2.10. The van der Waals surface area contributed by atoms with E-state index >= 15 is 0 Å². The lowest BCUT2D eigenvalue weighted by Crippen LogP contribution is -2.14. The maximum atomic E-state index is 12.5. The zero-order chi connectivity index (χ0) is 18.3. The topological polar surface area (TPSA) is 75.2 Å². The normalized spacial score (nSPS) is 12.5. The highest BCUT2D eigenvalue weighted by molar-refractivity contribution is 8.14. The maximum Gasteiger partial charge on any atom is 0.184 e. The van der Waals surface area contributed by atoms with Gasteiger partial charge in [-0.15, -0.1) is 11.8 Å². The summed E-state index contributed by atoms with van der Waals surface area (Å²) in [5.41, 5.74) is 3.19. The average molecular weight is 398 g/mol. The Labute approximate surface area is 158 Å². The summed E-state index contributed by atoms with van der Waals surface area (Å²) in [6.45, 7) is 4.55. The molecule has 1 heterocycles. The summed E-state index contributed by atoms with van der Waals surface area (Å²) in [6.07, 6.45) is 3.56. The number of hydrogen-bond acceptors (Lipinski definition) is 6. The molecule has 1 aromatic heterocycles. The van der Waals surface area contributed by atoms with E-state index in [1.165, 1.54) is 11.8 Å². The van der Waals surface area contributed by atoms with Crippen molar-refractivity contribution in [2.24, 2.45) is 4.99 Å². The van der Waals surface area contributed by atoms with Gasteiger partial charge in [-0.2, -0.15) is 11.8 Å². The number of thioether (sulfide) groups is 2. The lowest BCUT2D eigenvalue weighted by Gasteiger charge is -2.07. The predicted molar refractivity (Wildman–Crippen MR) is 109 cm³/mol. The second-order valence-corrected chi connectivity index (χ2v) is 9.55. The van der Waals surface area contributed by atoms with Crippen molar-refractivity contribution in [3.8, 4) is 0 Å². The van der Waals surface area contributed by atoms with Crippen molar-refractivity contribution >= 4 is 38.4 Å². The zero-order valence-electron chi connectivity index (χ0n) is 14.7. The first kappa shape index (κ1) is 20.1. The summed E-state index contributed by atoms with van der Waals surface area (Å²) < 4.78 is 25.0. The average Bonchev–Trinajstić information content (AvgIpc) is 2.99. The summed E-state index contributed by atoms with van der Waals surface area (Å²) in [7, 11) is -3.34. The van der Waals surface area contributed by atoms with Crippen LogP contribution in [0.25, 0.3) is 0 Å². The SMILES string of the molecule is CSC(CS(=O)(=O)c1ccc(C)cc1)=NCCSCc1nc[nH]c1C. The number of nitrogens with one attached hydrogen (secondary N) is 1. The molecule has 0 aliphatic rings. The van der Waals surface area contributed by atoms with Gasteiger partial charge in [-0.25, -0.2) is 13.4 Å². The van der Waals surface area contributed by atoms with Gasteiger partial charge in [0.25, 0.3) is 0 Å². The Bertz CT molecular complexity index is 812. The largest absolute Gasteiger partial charge is 0.348 e. The standard InChI is InChI=1S/C17H23N3O2S3/c1-13-4-6-15(7-5-13)25(21,22)11-17(23-3)18-8-9-24-10-16-14(2)19-12-20-16/h4-7,12H,8-11H2,1-3H3,(H,19,20). The lowest BCUT2D eigenvalue weighted by atomic mass is 10.2. The summed E-state index contributed by atoms with van der Waals surface area (Å²) in [5.74, 6) is 1.63. The van der Waals surface area contributed by atoms with Crippen molar-refractivity contribution in [3.05, 3.63) is 47.5 Å². The molecule has 1 aromatic carbocycles. The van der Waals surface area contributed by atoms with Crippen molar-refractivity contribution in [1.29, 1.82) is 0 Å². The number of benzene rings is 1. The number of sulfone groups is 1. The van der Waals surface area contributed by atoms with Crippen LogP contribution in [0.1, 0.15) is 17.0 Å². The Morgan fingerprint density at radius 3 is 2.56 bits per heavy atom. The van der Waals surface area contributed by atoms with Gasteiger partial charge >= 0.3 is 0 Å². The van der Waals surface area contributed by atoms with E-state index in [9.17, 15) is 8.42 Å². The van der Waals surface area contributed by atoms with E-state index in [4.69, 9.17) is 0 Å². The minimum Gasteiger partial charge on any atom is -0.348 e. The fourth-order valence-corrected chi connectivity index (χ4v) is 5.24. The molecule has 0 aliphatic heterocycles. The van der Waals surface area contributed by atoms with Crippen molar-refractivity contribution in [2.75, 3.05) is 24.3 Å². The highest BCUT2D eigenvalue weighted by Gasteiger charge is 2.17. The molecular formula is C17H23N3O2S3. The molecule has 2 rings (SSSR count). The van der Waals surface area contributed by atoms with Crippen LogP contribution in [-0.4, -0.2) is 47.7 Å². The zero-order valence-corrected chi connectivity index (χ0v) is 17.1. The molecule has 0 saturated heterocycles. The molecule has 0 fully saturated rings. The maximum absolute atomic E-state index is 12.5. The molecule has 1 N–H and O–H groups in total. The molecule has 0 radical (unpaired) electrons. The monoisotopic (exact) mass is 397 g/mol. The molecular weight excluding hydrogens is 374 g/mol. The number of aromatic nitrogens is 2. The molecule has 0 unspecified atom stereocenters.